The van der Waals surface area contributed by atoms with Gasteiger partial charge in [0.2, 0.25) is 0 Å². The van der Waals surface area contributed by atoms with E-state index in [1.54, 1.807) is 36.4 Å². The molecule has 21 heavy (non-hydrogen) atoms. The van der Waals surface area contributed by atoms with Crippen molar-refractivity contribution >= 4 is 21.6 Å². The van der Waals surface area contributed by atoms with Crippen LogP contribution in [0.5, 0.6) is 0 Å². The molecule has 0 spiro atoms. The van der Waals surface area contributed by atoms with Gasteiger partial charge >= 0.3 is 0 Å². The van der Waals surface area contributed by atoms with Crippen LogP contribution in [0.25, 0.3) is 0 Å². The first-order valence-electron chi connectivity index (χ1n) is 6.41. The molecular formula is C15H16FNO2S2. The average molecular weight is 325 g/mol. The predicted molar refractivity (Wildman–Crippen MR) is 83.5 cm³/mol. The fourth-order valence-corrected chi connectivity index (χ4v) is 4.38. The van der Waals surface area contributed by atoms with Gasteiger partial charge in [0.1, 0.15) is 5.82 Å². The van der Waals surface area contributed by atoms with E-state index in [-0.39, 0.29) is 11.6 Å². The predicted octanol–water partition coefficient (Wildman–Crippen LogP) is 2.85. The van der Waals surface area contributed by atoms with Gasteiger partial charge in [0.15, 0.2) is 9.84 Å². The number of halogens is 1. The van der Waals surface area contributed by atoms with Crippen LogP contribution in [0.3, 0.4) is 0 Å². The van der Waals surface area contributed by atoms with Gasteiger partial charge in [-0.1, -0.05) is 18.2 Å². The molecule has 0 atom stereocenters. The Morgan fingerprint density at radius 1 is 1.10 bits per heavy atom. The Morgan fingerprint density at radius 2 is 1.81 bits per heavy atom. The lowest BCUT2D eigenvalue weighted by Crippen LogP contribution is -2.09. The van der Waals surface area contributed by atoms with Gasteiger partial charge in [-0.05, 0) is 35.9 Å². The van der Waals surface area contributed by atoms with Crippen molar-refractivity contribution in [3.05, 3.63) is 59.9 Å². The van der Waals surface area contributed by atoms with E-state index in [0.29, 0.717) is 17.2 Å². The van der Waals surface area contributed by atoms with Crippen molar-refractivity contribution in [3.63, 3.8) is 0 Å². The molecule has 0 aliphatic heterocycles. The van der Waals surface area contributed by atoms with E-state index in [1.807, 2.05) is 0 Å². The van der Waals surface area contributed by atoms with E-state index in [9.17, 15) is 12.8 Å². The number of sulfone groups is 1. The molecule has 0 saturated heterocycles. The Bertz CT molecular complexity index is 700. The highest BCUT2D eigenvalue weighted by atomic mass is 32.2. The Hall–Kier alpha value is -1.37. The van der Waals surface area contributed by atoms with Gasteiger partial charge in [-0.15, -0.1) is 11.8 Å². The average Bonchev–Trinajstić information content (AvgIpc) is 2.47. The highest BCUT2D eigenvalue weighted by Crippen LogP contribution is 2.20. The molecule has 6 heteroatoms. The highest BCUT2D eigenvalue weighted by molar-refractivity contribution is 8.00. The van der Waals surface area contributed by atoms with Crippen molar-refractivity contribution in [3.8, 4) is 0 Å². The molecule has 0 aromatic heterocycles. The third-order valence-electron chi connectivity index (χ3n) is 2.94. The highest BCUT2D eigenvalue weighted by Gasteiger charge is 2.14. The number of hydrogen-bond donors (Lipinski definition) is 1. The van der Waals surface area contributed by atoms with Crippen LogP contribution in [-0.4, -0.2) is 19.9 Å². The molecule has 0 fully saturated rings. The smallest absolute Gasteiger partial charge is 0.179 e. The van der Waals surface area contributed by atoms with Gasteiger partial charge in [-0.3, -0.25) is 0 Å². The van der Waals surface area contributed by atoms with Crippen LogP contribution in [0.2, 0.25) is 0 Å². The van der Waals surface area contributed by atoms with Crippen LogP contribution in [0.4, 0.5) is 4.39 Å². The maximum Gasteiger partial charge on any atom is 0.179 e. The minimum Gasteiger partial charge on any atom is -0.326 e. The van der Waals surface area contributed by atoms with Gasteiger partial charge in [-0.2, -0.15) is 0 Å². The summed E-state index contributed by atoms with van der Waals surface area (Å²) in [4.78, 5) is 1.02. The summed E-state index contributed by atoms with van der Waals surface area (Å²) < 4.78 is 37.4. The maximum atomic E-state index is 13.0. The van der Waals surface area contributed by atoms with Crippen LogP contribution in [0.1, 0.15) is 5.56 Å². The Morgan fingerprint density at radius 3 is 2.43 bits per heavy atom. The number of rotatable bonds is 6. The summed E-state index contributed by atoms with van der Waals surface area (Å²) in [5, 5.41) is 0. The van der Waals surface area contributed by atoms with Crippen molar-refractivity contribution in [2.45, 2.75) is 16.3 Å². The fourth-order valence-electron chi connectivity index (χ4n) is 1.78. The number of thioether (sulfide) groups is 1. The summed E-state index contributed by atoms with van der Waals surface area (Å²) in [6.07, 6.45) is 0. The van der Waals surface area contributed by atoms with Gasteiger partial charge in [0.05, 0.1) is 10.6 Å². The lowest BCUT2D eigenvalue weighted by Gasteiger charge is -2.06. The minimum absolute atomic E-state index is 0.0101. The van der Waals surface area contributed by atoms with E-state index < -0.39 is 9.84 Å². The van der Waals surface area contributed by atoms with Crippen molar-refractivity contribution in [2.75, 3.05) is 11.5 Å². The first kappa shape index (κ1) is 16.0. The first-order chi connectivity index (χ1) is 10.0. The second-order valence-electron chi connectivity index (χ2n) is 4.47. The molecule has 0 unspecified atom stereocenters. The minimum atomic E-state index is -3.32. The van der Waals surface area contributed by atoms with Gasteiger partial charge in [0.25, 0.3) is 0 Å². The lowest BCUT2D eigenvalue weighted by atomic mass is 10.2. The number of nitrogens with two attached hydrogens (primary N) is 1. The molecule has 2 aromatic rings. The molecule has 0 bridgehead atoms. The molecule has 2 rings (SSSR count). The van der Waals surface area contributed by atoms with Crippen LogP contribution >= 0.6 is 11.8 Å². The molecule has 112 valence electrons. The zero-order valence-electron chi connectivity index (χ0n) is 11.3. The van der Waals surface area contributed by atoms with Crippen LogP contribution in [0, 0.1) is 5.82 Å². The molecule has 2 aromatic carbocycles. The van der Waals surface area contributed by atoms with E-state index in [2.05, 4.69) is 0 Å². The summed E-state index contributed by atoms with van der Waals surface area (Å²) in [5.41, 5.74) is 6.37. The molecule has 0 heterocycles. The molecule has 0 aliphatic carbocycles. The third-order valence-corrected chi connectivity index (χ3v) is 5.92. The van der Waals surface area contributed by atoms with Gasteiger partial charge < -0.3 is 5.73 Å². The quantitative estimate of drug-likeness (QED) is 0.830. The van der Waals surface area contributed by atoms with E-state index in [4.69, 9.17) is 5.73 Å². The van der Waals surface area contributed by atoms with Crippen molar-refractivity contribution in [1.29, 1.82) is 0 Å². The van der Waals surface area contributed by atoms with Crippen LogP contribution in [0.15, 0.2) is 58.3 Å². The SMILES string of the molecule is NCc1ccc(S(=O)(=O)CCSc2cccc(F)c2)cc1. The van der Waals surface area contributed by atoms with Gasteiger partial charge in [0, 0.05) is 17.2 Å². The van der Waals surface area contributed by atoms with E-state index >= 15 is 0 Å². The second kappa shape index (κ2) is 7.06. The Labute approximate surface area is 128 Å². The Balaban J connectivity index is 1.97. The topological polar surface area (TPSA) is 60.2 Å². The van der Waals surface area contributed by atoms with E-state index in [0.717, 1.165) is 10.5 Å². The van der Waals surface area contributed by atoms with E-state index in [1.165, 1.54) is 23.9 Å². The van der Waals surface area contributed by atoms with Crippen molar-refractivity contribution in [2.24, 2.45) is 5.73 Å². The fraction of sp³-hybridized carbons (Fsp3) is 0.200. The molecule has 0 saturated carbocycles. The molecule has 2 N–H and O–H groups in total. The standard InChI is InChI=1S/C15H16FNO2S2/c16-13-2-1-3-14(10-13)20-8-9-21(18,19)15-6-4-12(11-17)5-7-15/h1-7,10H,8-9,11,17H2. The van der Waals surface area contributed by atoms with Crippen molar-refractivity contribution in [1.82, 2.24) is 0 Å². The van der Waals surface area contributed by atoms with Crippen LogP contribution in [-0.2, 0) is 16.4 Å². The molecule has 0 amide bonds. The molecular weight excluding hydrogens is 309 g/mol. The molecule has 0 radical (unpaired) electrons. The molecule has 0 aliphatic rings. The number of hydrogen-bond acceptors (Lipinski definition) is 4. The monoisotopic (exact) mass is 325 g/mol. The van der Waals surface area contributed by atoms with Crippen LogP contribution < -0.4 is 5.73 Å². The molecule has 3 nitrogen and oxygen atoms in total. The third kappa shape index (κ3) is 4.56. The zero-order valence-corrected chi connectivity index (χ0v) is 13.0. The normalized spacial score (nSPS) is 11.5. The first-order valence-corrected chi connectivity index (χ1v) is 9.05. The summed E-state index contributed by atoms with van der Waals surface area (Å²) in [5.74, 6) is 0.0702. The van der Waals surface area contributed by atoms with Crippen molar-refractivity contribution < 1.29 is 12.8 Å². The maximum absolute atomic E-state index is 13.0. The summed E-state index contributed by atoms with van der Waals surface area (Å²) in [6.45, 7) is 0.385. The summed E-state index contributed by atoms with van der Waals surface area (Å²) >= 11 is 1.32. The largest absolute Gasteiger partial charge is 0.326 e. The van der Waals surface area contributed by atoms with Gasteiger partial charge in [-0.25, -0.2) is 12.8 Å². The number of benzene rings is 2. The zero-order chi connectivity index (χ0) is 15.3. The summed E-state index contributed by atoms with van der Waals surface area (Å²) in [7, 11) is -3.32. The Kier molecular flexibility index (Phi) is 5.39. The lowest BCUT2D eigenvalue weighted by molar-refractivity contribution is 0.597. The summed E-state index contributed by atoms with van der Waals surface area (Å²) in [6, 6.07) is 12.7. The second-order valence-corrected chi connectivity index (χ2v) is 7.75.